The van der Waals surface area contributed by atoms with Gasteiger partial charge in [0.1, 0.15) is 11.4 Å². The third kappa shape index (κ3) is 4.81. The van der Waals surface area contributed by atoms with Gasteiger partial charge in [0.15, 0.2) is 0 Å². The quantitative estimate of drug-likeness (QED) is 0.714. The van der Waals surface area contributed by atoms with Crippen LogP contribution in [-0.2, 0) is 4.74 Å². The van der Waals surface area contributed by atoms with Crippen molar-refractivity contribution in [3.63, 3.8) is 0 Å². The van der Waals surface area contributed by atoms with Crippen molar-refractivity contribution in [3.8, 4) is 0 Å². The number of amides is 1. The highest BCUT2D eigenvalue weighted by Gasteiger charge is 2.37. The van der Waals surface area contributed by atoms with Gasteiger partial charge < -0.3 is 4.74 Å². The fraction of sp³-hybridized carbons (Fsp3) is 0.727. The first kappa shape index (κ1) is 20.1. The molecular weight excluding hydrogens is 338 g/mol. The molecule has 2 fully saturated rings. The molecule has 1 aromatic rings. The summed E-state index contributed by atoms with van der Waals surface area (Å²) in [4.78, 5) is 22.2. The van der Waals surface area contributed by atoms with Crippen molar-refractivity contribution in [2.75, 3.05) is 18.0 Å². The Morgan fingerprint density at radius 1 is 1.30 bits per heavy atom. The number of hydrogen-bond acceptors (Lipinski definition) is 4. The lowest BCUT2D eigenvalue weighted by Gasteiger charge is -2.39. The third-order valence-corrected chi connectivity index (χ3v) is 5.40. The average molecular weight is 374 g/mol. The lowest BCUT2D eigenvalue weighted by molar-refractivity contribution is 0.0547. The highest BCUT2D eigenvalue weighted by molar-refractivity contribution is 5.88. The smallest absolute Gasteiger partial charge is 0.416 e. The van der Waals surface area contributed by atoms with Crippen LogP contribution in [0.15, 0.2) is 18.3 Å². The minimum atomic E-state index is -0.509. The molecule has 1 saturated carbocycles. The molecule has 0 unspecified atom stereocenters. The van der Waals surface area contributed by atoms with E-state index in [0.717, 1.165) is 44.6 Å². The van der Waals surface area contributed by atoms with E-state index in [0.29, 0.717) is 12.0 Å². The Morgan fingerprint density at radius 2 is 2.04 bits per heavy atom. The second-order valence-corrected chi connectivity index (χ2v) is 9.40. The molecule has 1 atom stereocenters. The molecule has 3 rings (SSSR count). The number of rotatable bonds is 5. The van der Waals surface area contributed by atoms with Crippen molar-refractivity contribution < 1.29 is 9.53 Å². The number of nitrogens with zero attached hydrogens (tertiary/aromatic N) is 3. The van der Waals surface area contributed by atoms with Crippen LogP contribution in [-0.4, -0.2) is 40.7 Å². The minimum absolute atomic E-state index is 0.202. The molecule has 27 heavy (non-hydrogen) atoms. The van der Waals surface area contributed by atoms with Crippen molar-refractivity contribution in [1.82, 2.24) is 9.88 Å². The first-order chi connectivity index (χ1) is 12.8. The molecule has 2 aliphatic rings. The van der Waals surface area contributed by atoms with Gasteiger partial charge in [-0.2, -0.15) is 0 Å². The lowest BCUT2D eigenvalue weighted by Crippen LogP contribution is -2.48. The van der Waals surface area contributed by atoms with Gasteiger partial charge in [0.2, 0.25) is 0 Å². The molecule has 0 spiro atoms. The average Bonchev–Trinajstić information content (AvgIpc) is 2.96. The van der Waals surface area contributed by atoms with Crippen LogP contribution in [0.3, 0.4) is 0 Å². The van der Waals surface area contributed by atoms with E-state index in [-0.39, 0.29) is 12.1 Å². The highest BCUT2D eigenvalue weighted by Crippen LogP contribution is 2.39. The summed E-state index contributed by atoms with van der Waals surface area (Å²) in [5, 5.41) is 0. The van der Waals surface area contributed by atoms with Crippen LogP contribution in [0.2, 0.25) is 0 Å². The van der Waals surface area contributed by atoms with Crippen molar-refractivity contribution in [2.24, 2.45) is 5.92 Å². The molecule has 5 heteroatoms. The van der Waals surface area contributed by atoms with Gasteiger partial charge in [0, 0.05) is 30.4 Å². The molecule has 1 aliphatic heterocycles. The van der Waals surface area contributed by atoms with Gasteiger partial charge in [-0.25, -0.2) is 9.78 Å². The van der Waals surface area contributed by atoms with Crippen molar-refractivity contribution >= 4 is 11.9 Å². The summed E-state index contributed by atoms with van der Waals surface area (Å²) in [5.41, 5.74) is 0.666. The van der Waals surface area contributed by atoms with Gasteiger partial charge in [0.05, 0.1) is 0 Å². The van der Waals surface area contributed by atoms with E-state index in [2.05, 4.69) is 29.8 Å². The first-order valence-electron chi connectivity index (χ1n) is 10.5. The van der Waals surface area contributed by atoms with E-state index >= 15 is 0 Å². The predicted octanol–water partition coefficient (Wildman–Crippen LogP) is 5.17. The second-order valence-electron chi connectivity index (χ2n) is 9.40. The van der Waals surface area contributed by atoms with E-state index in [9.17, 15) is 4.79 Å². The number of ether oxygens (including phenoxy) is 1. The normalized spacial score (nSPS) is 21.3. The summed E-state index contributed by atoms with van der Waals surface area (Å²) < 4.78 is 5.75. The van der Waals surface area contributed by atoms with Gasteiger partial charge in [-0.15, -0.1) is 0 Å². The molecule has 1 aromatic heterocycles. The number of anilines is 1. The summed E-state index contributed by atoms with van der Waals surface area (Å²) in [7, 11) is 0. The molecule has 1 amide bonds. The van der Waals surface area contributed by atoms with E-state index in [1.54, 1.807) is 6.20 Å². The Labute approximate surface area is 164 Å². The number of likely N-dealkylation sites (tertiary alicyclic amines) is 1. The van der Waals surface area contributed by atoms with Crippen LogP contribution in [0.25, 0.3) is 0 Å². The summed E-state index contributed by atoms with van der Waals surface area (Å²) in [5.74, 6) is 1.43. The molecule has 5 nitrogen and oxygen atoms in total. The zero-order valence-electron chi connectivity index (χ0n) is 17.6. The molecule has 1 aliphatic carbocycles. The molecule has 0 radical (unpaired) electrons. The van der Waals surface area contributed by atoms with Gasteiger partial charge in [-0.05, 0) is 71.4 Å². The standard InChI is InChI=1S/C22H35N3O2/c1-16(2)15-24-14-8-12-19(24)18-11-7-13-23-20(18)25(17-9-6-10-17)21(26)27-22(3,4)5/h7,11,13,16-17,19H,6,8-10,12,14-15H2,1-5H3/t19-/m0/s1. The summed E-state index contributed by atoms with van der Waals surface area (Å²) in [6, 6.07) is 4.69. The van der Waals surface area contributed by atoms with Crippen LogP contribution in [0.4, 0.5) is 10.6 Å². The first-order valence-corrected chi connectivity index (χ1v) is 10.5. The lowest BCUT2D eigenvalue weighted by atomic mass is 9.91. The Bertz CT molecular complexity index is 649. The molecule has 2 heterocycles. The SMILES string of the molecule is CC(C)CN1CCC[C@H]1c1cccnc1N(C(=O)OC(C)(C)C)C1CCC1. The predicted molar refractivity (Wildman–Crippen MR) is 109 cm³/mol. The zero-order chi connectivity index (χ0) is 19.6. The topological polar surface area (TPSA) is 45.7 Å². The van der Waals surface area contributed by atoms with Gasteiger partial charge in [0.25, 0.3) is 0 Å². The zero-order valence-corrected chi connectivity index (χ0v) is 17.6. The number of aromatic nitrogens is 1. The summed E-state index contributed by atoms with van der Waals surface area (Å²) >= 11 is 0. The van der Waals surface area contributed by atoms with Crippen molar-refractivity contribution in [1.29, 1.82) is 0 Å². The van der Waals surface area contributed by atoms with Crippen molar-refractivity contribution in [3.05, 3.63) is 23.9 Å². The van der Waals surface area contributed by atoms with E-state index < -0.39 is 5.60 Å². The Balaban J connectivity index is 1.93. The number of carbonyl (C=O) groups is 1. The maximum atomic E-state index is 13.1. The Morgan fingerprint density at radius 3 is 2.63 bits per heavy atom. The summed E-state index contributed by atoms with van der Waals surface area (Å²) in [6.07, 6.45) is 7.07. The van der Waals surface area contributed by atoms with Crippen LogP contribution < -0.4 is 4.90 Å². The largest absolute Gasteiger partial charge is 0.443 e. The second kappa shape index (κ2) is 8.17. The van der Waals surface area contributed by atoms with Crippen LogP contribution in [0.5, 0.6) is 0 Å². The molecule has 0 bridgehead atoms. The van der Waals surface area contributed by atoms with Crippen LogP contribution in [0, 0.1) is 5.92 Å². The fourth-order valence-corrected chi connectivity index (χ4v) is 4.10. The summed E-state index contributed by atoms with van der Waals surface area (Å²) in [6.45, 7) is 12.5. The molecule has 1 saturated heterocycles. The molecule has 0 aromatic carbocycles. The molecule has 150 valence electrons. The number of pyridine rings is 1. The van der Waals surface area contributed by atoms with Gasteiger partial charge in [-0.3, -0.25) is 9.80 Å². The fourth-order valence-electron chi connectivity index (χ4n) is 4.10. The number of hydrogen-bond donors (Lipinski definition) is 0. The third-order valence-electron chi connectivity index (χ3n) is 5.40. The maximum Gasteiger partial charge on any atom is 0.416 e. The van der Waals surface area contributed by atoms with Gasteiger partial charge >= 0.3 is 6.09 Å². The van der Waals surface area contributed by atoms with Crippen LogP contribution in [0.1, 0.15) is 78.3 Å². The van der Waals surface area contributed by atoms with Crippen LogP contribution >= 0.6 is 0 Å². The minimum Gasteiger partial charge on any atom is -0.443 e. The van der Waals surface area contributed by atoms with E-state index in [4.69, 9.17) is 4.74 Å². The molecular formula is C22H35N3O2. The molecule has 0 N–H and O–H groups in total. The highest BCUT2D eigenvalue weighted by atomic mass is 16.6. The number of carbonyl (C=O) groups excluding carboxylic acids is 1. The van der Waals surface area contributed by atoms with Crippen molar-refractivity contribution in [2.45, 2.75) is 84.4 Å². The monoisotopic (exact) mass is 373 g/mol. The van der Waals surface area contributed by atoms with E-state index in [1.807, 2.05) is 31.7 Å². The maximum absolute atomic E-state index is 13.1. The van der Waals surface area contributed by atoms with E-state index in [1.165, 1.54) is 12.0 Å². The Kier molecular flexibility index (Phi) is 6.09. The Hall–Kier alpha value is -1.62. The van der Waals surface area contributed by atoms with Gasteiger partial charge in [-0.1, -0.05) is 19.9 Å².